The van der Waals surface area contributed by atoms with E-state index in [0.29, 0.717) is 23.1 Å². The zero-order chi connectivity index (χ0) is 49.3. The molecule has 8 rings (SSSR count). The smallest absolute Gasteiger partial charge is 0.409 e. The van der Waals surface area contributed by atoms with Gasteiger partial charge in [0, 0.05) is 29.0 Å². The van der Waals surface area contributed by atoms with Crippen molar-refractivity contribution in [2.75, 3.05) is 19.8 Å². The Balaban J connectivity index is 0.906. The first kappa shape index (κ1) is 48.7. The van der Waals surface area contributed by atoms with Crippen molar-refractivity contribution in [1.82, 2.24) is 40.6 Å². The molecule has 69 heavy (non-hydrogen) atoms. The van der Waals surface area contributed by atoms with Crippen molar-refractivity contribution in [1.29, 1.82) is 0 Å². The summed E-state index contributed by atoms with van der Waals surface area (Å²) < 4.78 is 13.1. The summed E-state index contributed by atoms with van der Waals surface area (Å²) in [6.07, 6.45) is -2.27. The maximum absolute atomic E-state index is 14.2. The van der Waals surface area contributed by atoms with Gasteiger partial charge in [-0.2, -0.15) is 0 Å². The van der Waals surface area contributed by atoms with Crippen molar-refractivity contribution >= 4 is 52.2 Å². The highest BCUT2D eigenvalue weighted by Crippen LogP contribution is 2.39. The number of benzene rings is 3. The predicted octanol–water partition coefficient (Wildman–Crippen LogP) is 7.70. The highest BCUT2D eigenvalue weighted by atomic mass is 32.1. The molecule has 16 nitrogen and oxygen atoms in total. The molecule has 2 aliphatic rings. The maximum atomic E-state index is 14.2. The fraction of sp³-hybridized carbons (Fsp3) is 0.373. The zero-order valence-corrected chi connectivity index (χ0v) is 41.8. The minimum absolute atomic E-state index is 0.0364. The van der Waals surface area contributed by atoms with Gasteiger partial charge in [-0.15, -0.1) is 32.9 Å². The van der Waals surface area contributed by atoms with Gasteiger partial charge in [0.25, 0.3) is 5.91 Å². The summed E-state index contributed by atoms with van der Waals surface area (Å²) >= 11 is 3.19. The lowest BCUT2D eigenvalue weighted by Crippen LogP contribution is -2.58. The molecule has 2 aliphatic heterocycles. The lowest BCUT2D eigenvalue weighted by molar-refractivity contribution is -0.144. The summed E-state index contributed by atoms with van der Waals surface area (Å²) in [6, 6.07) is 21.0. The molecular weight excluding hydrogens is 915 g/mol. The molecule has 5 atom stereocenters. The van der Waals surface area contributed by atoms with Crippen molar-refractivity contribution in [3.63, 3.8) is 0 Å². The van der Waals surface area contributed by atoms with Gasteiger partial charge in [0.2, 0.25) is 11.8 Å². The Hall–Kier alpha value is -6.76. The van der Waals surface area contributed by atoms with Crippen molar-refractivity contribution in [3.05, 3.63) is 123 Å². The minimum Gasteiger partial charge on any atom is -0.484 e. The predicted molar refractivity (Wildman–Crippen MR) is 266 cm³/mol. The Kier molecular flexibility index (Phi) is 14.2. The van der Waals surface area contributed by atoms with Gasteiger partial charge in [-0.3, -0.25) is 29.3 Å². The molecule has 3 aromatic carbocycles. The van der Waals surface area contributed by atoms with Crippen LogP contribution >= 0.6 is 22.7 Å². The van der Waals surface area contributed by atoms with Crippen LogP contribution in [0.15, 0.2) is 83.3 Å². The fourth-order valence-electron chi connectivity index (χ4n) is 8.63. The van der Waals surface area contributed by atoms with Crippen LogP contribution < -0.4 is 20.7 Å². The van der Waals surface area contributed by atoms with Crippen LogP contribution in [0.3, 0.4) is 0 Å². The van der Waals surface area contributed by atoms with Crippen LogP contribution in [-0.4, -0.2) is 97.2 Å². The summed E-state index contributed by atoms with van der Waals surface area (Å²) in [7, 11) is 0. The number of aliphatic imine (C=N–C) groups is 1. The number of aryl methyl sites for hydroxylation is 3. The number of thiophene rings is 1. The molecule has 0 radical (unpaired) electrons. The van der Waals surface area contributed by atoms with E-state index in [4.69, 9.17) is 14.5 Å². The van der Waals surface area contributed by atoms with Gasteiger partial charge in [0.05, 0.1) is 40.5 Å². The van der Waals surface area contributed by atoms with E-state index >= 15 is 0 Å². The van der Waals surface area contributed by atoms with E-state index in [1.165, 1.54) is 4.90 Å². The number of β-amino-alcohol motifs (C(OH)–C–C–N with tert-alkyl or cyclic N) is 1. The van der Waals surface area contributed by atoms with E-state index in [1.54, 1.807) is 41.7 Å². The molecule has 4 N–H and O–H groups in total. The molecule has 5 heterocycles. The molecule has 0 saturated carbocycles. The Morgan fingerprint density at radius 1 is 0.884 bits per heavy atom. The number of alkyl carbamates (subject to hydrolysis) is 1. The summed E-state index contributed by atoms with van der Waals surface area (Å²) in [5.74, 6) is 0.269. The quantitative estimate of drug-likeness (QED) is 0.0889. The third-order valence-electron chi connectivity index (χ3n) is 12.5. The molecular formula is C51H57N9O7S2. The number of nitrogens with one attached hydrogen (secondary N) is 3. The van der Waals surface area contributed by atoms with Crippen LogP contribution in [0.1, 0.15) is 97.7 Å². The number of carbonyl (C=O) groups is 4. The summed E-state index contributed by atoms with van der Waals surface area (Å²) in [6.45, 7) is 16.9. The number of ether oxygens (including phenoxy) is 2. The van der Waals surface area contributed by atoms with Crippen LogP contribution in [0.4, 0.5) is 4.79 Å². The van der Waals surface area contributed by atoms with Gasteiger partial charge >= 0.3 is 6.09 Å². The summed E-state index contributed by atoms with van der Waals surface area (Å²) in [5, 5.41) is 29.1. The molecule has 1 fully saturated rings. The number of aromatic nitrogens is 4. The molecule has 3 aromatic heterocycles. The number of fused-ring (bicyclic) bond motifs is 3. The fourth-order valence-corrected chi connectivity index (χ4v) is 10.7. The second kappa shape index (κ2) is 20.1. The van der Waals surface area contributed by atoms with Crippen molar-refractivity contribution in [2.45, 2.75) is 99.1 Å². The van der Waals surface area contributed by atoms with E-state index in [0.717, 1.165) is 59.4 Å². The van der Waals surface area contributed by atoms with Gasteiger partial charge in [-0.1, -0.05) is 81.4 Å². The molecule has 0 bridgehead atoms. The summed E-state index contributed by atoms with van der Waals surface area (Å²) in [4.78, 5) is 67.1. The number of hydrogen-bond acceptors (Lipinski definition) is 13. The number of nitrogens with zero attached hydrogens (tertiary/aromatic N) is 6. The Morgan fingerprint density at radius 2 is 1.54 bits per heavy atom. The lowest BCUT2D eigenvalue weighted by atomic mass is 9.85. The van der Waals surface area contributed by atoms with E-state index in [9.17, 15) is 24.3 Å². The second-order valence-electron chi connectivity index (χ2n) is 18.4. The SMILES string of the molecule is CCOC(=O)NC1N=C(c2ccc(-c3ccc(OCC(=O)NC(C(=O)N4C[C@H](O)C[C@H]4C(=O)NC(C)c4ccc(-c5scnc5C)cc4)C(C)(C)C)cc3)cc2)c2c(sc(C)c2C)-n2c(C)nnc21. The zero-order valence-electron chi connectivity index (χ0n) is 40.1. The number of amides is 4. The van der Waals surface area contributed by atoms with Gasteiger partial charge in [-0.05, 0) is 86.9 Å². The number of aliphatic hydroxyl groups is 1. The van der Waals surface area contributed by atoms with E-state index in [1.807, 2.05) is 112 Å². The van der Waals surface area contributed by atoms with Crippen LogP contribution in [-0.2, 0) is 19.1 Å². The first-order valence-corrected chi connectivity index (χ1v) is 24.6. The molecule has 3 unspecified atom stereocenters. The molecule has 18 heteroatoms. The van der Waals surface area contributed by atoms with Crippen LogP contribution in [0.5, 0.6) is 5.75 Å². The highest BCUT2D eigenvalue weighted by molar-refractivity contribution is 7.15. The van der Waals surface area contributed by atoms with Crippen molar-refractivity contribution in [2.24, 2.45) is 10.4 Å². The van der Waals surface area contributed by atoms with Crippen molar-refractivity contribution < 1.29 is 33.8 Å². The second-order valence-corrected chi connectivity index (χ2v) is 20.5. The number of thiazole rings is 1. The van der Waals surface area contributed by atoms with Gasteiger partial charge in [-0.25, -0.2) is 9.78 Å². The average Bonchev–Trinajstić information content (AvgIpc) is 4.09. The van der Waals surface area contributed by atoms with Crippen molar-refractivity contribution in [3.8, 4) is 32.3 Å². The number of aliphatic hydroxyl groups excluding tert-OH is 1. The molecule has 6 aromatic rings. The van der Waals surface area contributed by atoms with E-state index in [2.05, 4.69) is 45.0 Å². The number of rotatable bonds is 13. The lowest BCUT2D eigenvalue weighted by Gasteiger charge is -2.35. The molecule has 0 spiro atoms. The van der Waals surface area contributed by atoms with E-state index < -0.39 is 47.7 Å². The maximum Gasteiger partial charge on any atom is 0.409 e. The number of hydrogen-bond donors (Lipinski definition) is 4. The first-order chi connectivity index (χ1) is 32.9. The molecule has 1 saturated heterocycles. The van der Waals surface area contributed by atoms with Gasteiger partial charge in [0.1, 0.15) is 28.7 Å². The number of carbonyl (C=O) groups excluding carboxylic acids is 4. The third kappa shape index (κ3) is 10.3. The summed E-state index contributed by atoms with van der Waals surface area (Å²) in [5.41, 5.74) is 9.38. The third-order valence-corrected chi connectivity index (χ3v) is 14.6. The standard InChI is InChI=1S/C51H57N9O7S2/c1-10-66-50(65)56-45-46-58-57-31(6)60(46)49-41(27(2)30(5)69-49)42(55-45)35-15-13-33(14-16-35)34-19-21-38(22-20-34)67-25-40(62)54-44(51(7,8)9)48(64)59-24-37(61)23-39(59)47(63)53-28(3)32-11-17-36(18-12-32)43-29(4)52-26-68-43/h11-22,26,28,37,39,44-45,61H,10,23-25H2,1-9H3,(H,53,63)(H,54,62)(H,56,65)/t28?,37-,39+,44?,45?/m1/s1. The first-order valence-electron chi connectivity index (χ1n) is 22.9. The Labute approximate surface area is 409 Å². The van der Waals surface area contributed by atoms with E-state index in [-0.39, 0.29) is 38.1 Å². The van der Waals surface area contributed by atoms with Crippen LogP contribution in [0.2, 0.25) is 0 Å². The highest BCUT2D eigenvalue weighted by Gasteiger charge is 2.45. The van der Waals surface area contributed by atoms with Crippen LogP contribution in [0.25, 0.3) is 26.6 Å². The Bertz CT molecular complexity index is 2900. The largest absolute Gasteiger partial charge is 0.484 e. The number of likely N-dealkylation sites (tertiary alicyclic amines) is 1. The minimum atomic E-state index is -1.01. The van der Waals surface area contributed by atoms with Gasteiger partial charge in [0.15, 0.2) is 18.6 Å². The molecule has 360 valence electrons. The normalized spacial score (nSPS) is 17.4. The molecule has 4 amide bonds. The average molecular weight is 972 g/mol. The molecule has 0 aliphatic carbocycles. The topological polar surface area (TPSA) is 202 Å². The van der Waals surface area contributed by atoms with Gasteiger partial charge < -0.3 is 30.1 Å². The van der Waals surface area contributed by atoms with Crippen LogP contribution in [0, 0.1) is 33.1 Å². The monoisotopic (exact) mass is 971 g/mol. The Morgan fingerprint density at radius 3 is 2.17 bits per heavy atom.